The fourth-order valence-corrected chi connectivity index (χ4v) is 2.73. The average Bonchev–Trinajstić information content (AvgIpc) is 2.50. The highest BCUT2D eigenvalue weighted by Crippen LogP contribution is 2.35. The van der Waals surface area contributed by atoms with Crippen LogP contribution in [0.4, 0.5) is 0 Å². The zero-order valence-electron chi connectivity index (χ0n) is 14.8. The lowest BCUT2D eigenvalue weighted by atomic mass is 9.84. The number of benzene rings is 1. The van der Waals surface area contributed by atoms with Gasteiger partial charge in [0.15, 0.2) is 11.5 Å². The van der Waals surface area contributed by atoms with Gasteiger partial charge in [-0.1, -0.05) is 34.1 Å². The lowest BCUT2D eigenvalue weighted by Crippen LogP contribution is -2.50. The largest absolute Gasteiger partial charge is 0.486 e. The van der Waals surface area contributed by atoms with E-state index in [1.54, 1.807) is 12.1 Å². The summed E-state index contributed by atoms with van der Waals surface area (Å²) in [5, 5.41) is 0. The van der Waals surface area contributed by atoms with Gasteiger partial charge >= 0.3 is 0 Å². The summed E-state index contributed by atoms with van der Waals surface area (Å²) < 4.78 is 11.2. The van der Waals surface area contributed by atoms with Crippen LogP contribution < -0.4 is 20.3 Å². The molecule has 128 valence electrons. The van der Waals surface area contributed by atoms with Crippen LogP contribution in [0.5, 0.6) is 11.5 Å². The third-order valence-corrected chi connectivity index (χ3v) is 4.18. The van der Waals surface area contributed by atoms with E-state index in [9.17, 15) is 4.79 Å². The van der Waals surface area contributed by atoms with Crippen LogP contribution in [-0.2, 0) is 0 Å². The van der Waals surface area contributed by atoms with E-state index in [1.807, 2.05) is 6.92 Å². The molecule has 0 aliphatic carbocycles. The van der Waals surface area contributed by atoms with Crippen molar-refractivity contribution in [2.24, 2.45) is 5.41 Å². The molecule has 1 amide bonds. The number of amides is 1. The zero-order valence-corrected chi connectivity index (χ0v) is 14.8. The molecule has 1 unspecified atom stereocenters. The van der Waals surface area contributed by atoms with Gasteiger partial charge in [0.25, 0.3) is 5.91 Å². The Morgan fingerprint density at radius 1 is 1.26 bits per heavy atom. The molecule has 0 aromatic heterocycles. The van der Waals surface area contributed by atoms with E-state index in [1.165, 1.54) is 0 Å². The highest BCUT2D eigenvalue weighted by molar-refractivity contribution is 5.96. The third-order valence-electron chi connectivity index (χ3n) is 4.18. The van der Waals surface area contributed by atoms with Crippen molar-refractivity contribution in [3.63, 3.8) is 0 Å². The lowest BCUT2D eigenvalue weighted by Gasteiger charge is -2.31. The zero-order chi connectivity index (χ0) is 17.0. The van der Waals surface area contributed by atoms with Crippen LogP contribution >= 0.6 is 0 Å². The molecule has 1 aliphatic rings. The lowest BCUT2D eigenvalue weighted by molar-refractivity contribution is 0.0902. The fraction of sp³-hybridized carbons (Fsp3) is 0.611. The molecule has 2 N–H and O–H groups in total. The monoisotopic (exact) mass is 320 g/mol. The number of hydrazine groups is 1. The van der Waals surface area contributed by atoms with Crippen molar-refractivity contribution in [1.82, 2.24) is 10.9 Å². The normalized spacial score (nSPS) is 15.2. The van der Waals surface area contributed by atoms with Gasteiger partial charge in [0.05, 0.1) is 0 Å². The van der Waals surface area contributed by atoms with Gasteiger partial charge in [-0.15, -0.1) is 0 Å². The Balaban J connectivity index is 2.09. The first kappa shape index (κ1) is 17.6. The van der Waals surface area contributed by atoms with Gasteiger partial charge in [-0.2, -0.15) is 0 Å². The maximum Gasteiger partial charge on any atom is 0.265 e. The summed E-state index contributed by atoms with van der Waals surface area (Å²) in [6, 6.07) is 3.80. The minimum Gasteiger partial charge on any atom is -0.486 e. The molecule has 1 heterocycles. The van der Waals surface area contributed by atoms with Crippen LogP contribution in [0.1, 0.15) is 56.5 Å². The summed E-state index contributed by atoms with van der Waals surface area (Å²) in [6.07, 6.45) is 2.07. The quantitative estimate of drug-likeness (QED) is 0.818. The van der Waals surface area contributed by atoms with Crippen LogP contribution in [0.2, 0.25) is 0 Å². The summed E-state index contributed by atoms with van der Waals surface area (Å²) in [5.41, 5.74) is 7.53. The number of hydrogen-bond acceptors (Lipinski definition) is 4. The standard InChI is InChI=1S/C18H28N2O3/c1-6-7-15(18(3,4)5)19-20-17(21)13-8-9-14-16(12(13)2)23-11-10-22-14/h8-9,15,19H,6-7,10-11H2,1-5H3,(H,20,21). The van der Waals surface area contributed by atoms with E-state index >= 15 is 0 Å². The van der Waals surface area contributed by atoms with Crippen molar-refractivity contribution in [2.75, 3.05) is 13.2 Å². The topological polar surface area (TPSA) is 59.6 Å². The van der Waals surface area contributed by atoms with E-state index in [0.717, 1.165) is 18.4 Å². The Labute approximate surface area is 138 Å². The minimum absolute atomic E-state index is 0.0745. The molecular formula is C18H28N2O3. The van der Waals surface area contributed by atoms with Gasteiger partial charge in [-0.05, 0) is 30.9 Å². The van der Waals surface area contributed by atoms with Crippen molar-refractivity contribution >= 4 is 5.91 Å². The molecule has 0 saturated heterocycles. The minimum atomic E-state index is -0.148. The van der Waals surface area contributed by atoms with Crippen LogP contribution in [-0.4, -0.2) is 25.2 Å². The van der Waals surface area contributed by atoms with Gasteiger partial charge in [-0.3, -0.25) is 10.2 Å². The Morgan fingerprint density at radius 3 is 2.61 bits per heavy atom. The van der Waals surface area contributed by atoms with Crippen LogP contribution in [0.15, 0.2) is 12.1 Å². The molecule has 5 heteroatoms. The molecule has 5 nitrogen and oxygen atoms in total. The number of rotatable bonds is 5. The number of fused-ring (bicyclic) bond motifs is 1. The van der Waals surface area contributed by atoms with Crippen molar-refractivity contribution < 1.29 is 14.3 Å². The second-order valence-electron chi connectivity index (χ2n) is 7.07. The van der Waals surface area contributed by atoms with E-state index in [-0.39, 0.29) is 17.4 Å². The van der Waals surface area contributed by atoms with Gasteiger partial charge in [0, 0.05) is 17.2 Å². The van der Waals surface area contributed by atoms with Crippen molar-refractivity contribution in [2.45, 2.75) is 53.5 Å². The van der Waals surface area contributed by atoms with Crippen molar-refractivity contribution in [1.29, 1.82) is 0 Å². The average molecular weight is 320 g/mol. The molecule has 1 aromatic rings. The fourth-order valence-electron chi connectivity index (χ4n) is 2.73. The first-order chi connectivity index (χ1) is 10.8. The maximum absolute atomic E-state index is 12.5. The second kappa shape index (κ2) is 7.21. The molecule has 1 aliphatic heterocycles. The Bertz CT molecular complexity index is 564. The first-order valence-corrected chi connectivity index (χ1v) is 8.29. The van der Waals surface area contributed by atoms with Crippen LogP contribution in [0.3, 0.4) is 0 Å². The highest BCUT2D eigenvalue weighted by Gasteiger charge is 2.25. The Kier molecular flexibility index (Phi) is 5.52. The maximum atomic E-state index is 12.5. The van der Waals surface area contributed by atoms with Gasteiger partial charge in [0.2, 0.25) is 0 Å². The molecule has 23 heavy (non-hydrogen) atoms. The summed E-state index contributed by atoms with van der Waals surface area (Å²) in [5.74, 6) is 1.23. The molecule has 1 atom stereocenters. The highest BCUT2D eigenvalue weighted by atomic mass is 16.6. The number of hydrogen-bond donors (Lipinski definition) is 2. The van der Waals surface area contributed by atoms with Crippen molar-refractivity contribution in [3.05, 3.63) is 23.3 Å². The summed E-state index contributed by atoms with van der Waals surface area (Å²) in [4.78, 5) is 12.5. The van der Waals surface area contributed by atoms with E-state index in [4.69, 9.17) is 9.47 Å². The number of ether oxygens (including phenoxy) is 2. The summed E-state index contributed by atoms with van der Waals surface area (Å²) in [7, 11) is 0. The molecule has 0 spiro atoms. The molecule has 0 bridgehead atoms. The van der Waals surface area contributed by atoms with Crippen LogP contribution in [0.25, 0.3) is 0 Å². The van der Waals surface area contributed by atoms with Crippen LogP contribution in [0, 0.1) is 12.3 Å². The SMILES string of the molecule is CCCC(NNC(=O)c1ccc2c(c1C)OCCO2)C(C)(C)C. The molecule has 2 rings (SSSR count). The number of carbonyl (C=O) groups excluding carboxylic acids is 1. The molecule has 1 aromatic carbocycles. The van der Waals surface area contributed by atoms with Gasteiger partial charge < -0.3 is 9.47 Å². The van der Waals surface area contributed by atoms with Gasteiger partial charge in [-0.25, -0.2) is 5.43 Å². The second-order valence-corrected chi connectivity index (χ2v) is 7.07. The Morgan fingerprint density at radius 2 is 1.96 bits per heavy atom. The van der Waals surface area contributed by atoms with E-state index in [0.29, 0.717) is 30.3 Å². The number of carbonyl (C=O) groups is 1. The summed E-state index contributed by atoms with van der Waals surface area (Å²) in [6.45, 7) is 11.6. The van der Waals surface area contributed by atoms with E-state index in [2.05, 4.69) is 38.5 Å². The molecular weight excluding hydrogens is 292 g/mol. The molecule has 0 fully saturated rings. The molecule has 0 radical (unpaired) electrons. The van der Waals surface area contributed by atoms with Gasteiger partial charge in [0.1, 0.15) is 13.2 Å². The molecule has 0 saturated carbocycles. The first-order valence-electron chi connectivity index (χ1n) is 8.29. The summed E-state index contributed by atoms with van der Waals surface area (Å²) >= 11 is 0. The smallest absolute Gasteiger partial charge is 0.265 e. The number of nitrogens with one attached hydrogen (secondary N) is 2. The third kappa shape index (κ3) is 4.16. The predicted molar refractivity (Wildman–Crippen MR) is 90.9 cm³/mol. The van der Waals surface area contributed by atoms with E-state index < -0.39 is 0 Å². The predicted octanol–water partition coefficient (Wildman–Crippen LogP) is 3.22. The van der Waals surface area contributed by atoms with Crippen molar-refractivity contribution in [3.8, 4) is 11.5 Å². The Hall–Kier alpha value is -1.75.